The fraction of sp³-hybridized carbons (Fsp3) is 0.792. The van der Waals surface area contributed by atoms with E-state index in [-0.39, 0.29) is 12.1 Å². The smallest absolute Gasteiger partial charge is 0.410 e. The van der Waals surface area contributed by atoms with E-state index in [0.717, 1.165) is 37.4 Å². The Bertz CT molecular complexity index is 861. The summed E-state index contributed by atoms with van der Waals surface area (Å²) in [6, 6.07) is 0.720. The predicted octanol–water partition coefficient (Wildman–Crippen LogP) is 1.67. The zero-order valence-corrected chi connectivity index (χ0v) is 21.3. The van der Waals surface area contributed by atoms with Crippen LogP contribution in [0.5, 0.6) is 6.01 Å². The maximum atomic E-state index is 12.8. The van der Waals surface area contributed by atoms with E-state index in [1.807, 2.05) is 20.8 Å². The molecule has 0 bridgehead atoms. The van der Waals surface area contributed by atoms with Crippen LogP contribution in [0.1, 0.15) is 44.9 Å². The summed E-state index contributed by atoms with van der Waals surface area (Å²) in [5.74, 6) is 0.922. The van der Waals surface area contributed by atoms with E-state index in [9.17, 15) is 4.79 Å². The van der Waals surface area contributed by atoms with Gasteiger partial charge in [0.05, 0.1) is 18.3 Å². The number of rotatable bonds is 6. The van der Waals surface area contributed by atoms with Crippen LogP contribution in [0.4, 0.5) is 10.6 Å². The Morgan fingerprint density at radius 2 is 1.97 bits per heavy atom. The lowest BCUT2D eigenvalue weighted by Crippen LogP contribution is -2.58. The van der Waals surface area contributed by atoms with Crippen molar-refractivity contribution in [2.45, 2.75) is 64.3 Å². The molecule has 1 amide bonds. The summed E-state index contributed by atoms with van der Waals surface area (Å²) in [6.45, 7) is 11.2. The first-order chi connectivity index (χ1) is 16.2. The Hall–Kier alpha value is -2.17. The molecule has 10 heteroatoms. The Balaban J connectivity index is 1.53. The highest BCUT2D eigenvalue weighted by atomic mass is 16.6. The lowest BCUT2D eigenvalue weighted by molar-refractivity contribution is 0.00335. The number of aromatic nitrogens is 2. The van der Waals surface area contributed by atoms with Crippen LogP contribution in [-0.4, -0.2) is 104 Å². The fourth-order valence-electron chi connectivity index (χ4n) is 4.95. The highest BCUT2D eigenvalue weighted by Crippen LogP contribution is 2.29. The topological polar surface area (TPSA) is 92.3 Å². The molecule has 4 heterocycles. The van der Waals surface area contributed by atoms with E-state index in [2.05, 4.69) is 22.2 Å². The van der Waals surface area contributed by atoms with Gasteiger partial charge in [0, 0.05) is 44.9 Å². The lowest BCUT2D eigenvalue weighted by Gasteiger charge is -2.42. The summed E-state index contributed by atoms with van der Waals surface area (Å²) in [5, 5.41) is 3.41. The van der Waals surface area contributed by atoms with Crippen molar-refractivity contribution in [3.05, 3.63) is 11.3 Å². The number of carbonyl (C=O) groups is 1. The monoisotopic (exact) mass is 476 g/mol. The maximum absolute atomic E-state index is 12.8. The van der Waals surface area contributed by atoms with Gasteiger partial charge in [-0.1, -0.05) is 0 Å². The molecular formula is C24H40N6O4. The van der Waals surface area contributed by atoms with Crippen LogP contribution in [0.3, 0.4) is 0 Å². The van der Waals surface area contributed by atoms with Gasteiger partial charge in [-0.05, 0) is 60.2 Å². The van der Waals surface area contributed by atoms with Crippen LogP contribution in [0, 0.1) is 0 Å². The summed E-state index contributed by atoms with van der Waals surface area (Å²) in [4.78, 5) is 28.9. The molecule has 2 atom stereocenters. The Morgan fingerprint density at radius 3 is 2.68 bits per heavy atom. The van der Waals surface area contributed by atoms with Crippen LogP contribution < -0.4 is 15.0 Å². The van der Waals surface area contributed by atoms with Crippen molar-refractivity contribution in [2.75, 3.05) is 65.0 Å². The van der Waals surface area contributed by atoms with Gasteiger partial charge in [0.1, 0.15) is 18.0 Å². The Kier molecular flexibility index (Phi) is 7.79. The number of likely N-dealkylation sites (N-methyl/N-ethyl adjacent to an activating group) is 1. The standard InChI is InChI=1S/C24H40N6O4/c1-24(2,3)34-23(31)30-12-11-29(14-18(30)15-32-5)21-19-8-9-25-13-20(19)26-22(27-21)33-16-17-7-6-10-28(17)4/h17-18,25H,6-16H2,1-5H3/t17-,18?/m0/s1. The number of hydrogen-bond donors (Lipinski definition) is 1. The molecule has 10 nitrogen and oxygen atoms in total. The van der Waals surface area contributed by atoms with Crippen molar-refractivity contribution in [3.8, 4) is 6.01 Å². The van der Waals surface area contributed by atoms with Crippen LogP contribution >= 0.6 is 0 Å². The molecular weight excluding hydrogens is 436 g/mol. The number of nitrogens with one attached hydrogen (secondary N) is 1. The van der Waals surface area contributed by atoms with Gasteiger partial charge in [-0.15, -0.1) is 0 Å². The zero-order chi connectivity index (χ0) is 24.3. The van der Waals surface area contributed by atoms with E-state index >= 15 is 0 Å². The van der Waals surface area contributed by atoms with Crippen LogP contribution in [0.2, 0.25) is 0 Å². The molecule has 1 unspecified atom stereocenters. The van der Waals surface area contributed by atoms with Gasteiger partial charge in [0.25, 0.3) is 0 Å². The molecule has 1 N–H and O–H groups in total. The molecule has 0 spiro atoms. The minimum atomic E-state index is -0.538. The van der Waals surface area contributed by atoms with Gasteiger partial charge in [0.15, 0.2) is 0 Å². The number of methoxy groups -OCH3 is 1. The SMILES string of the molecule is COCC1CN(c2nc(OC[C@@H]3CCCN3C)nc3c2CCNC3)CCN1C(=O)OC(C)(C)C. The molecule has 190 valence electrons. The van der Waals surface area contributed by atoms with Gasteiger partial charge >= 0.3 is 12.1 Å². The second-order valence-corrected chi connectivity index (χ2v) is 10.5. The van der Waals surface area contributed by atoms with Crippen LogP contribution in [0.25, 0.3) is 0 Å². The van der Waals surface area contributed by atoms with Crippen LogP contribution in [0.15, 0.2) is 0 Å². The van der Waals surface area contributed by atoms with Gasteiger partial charge in [-0.25, -0.2) is 4.79 Å². The van der Waals surface area contributed by atoms with Gasteiger partial charge in [-0.2, -0.15) is 9.97 Å². The lowest BCUT2D eigenvalue weighted by atomic mass is 10.1. The third-order valence-electron chi connectivity index (χ3n) is 6.74. The molecule has 0 radical (unpaired) electrons. The highest BCUT2D eigenvalue weighted by Gasteiger charge is 2.35. The number of hydrogen-bond acceptors (Lipinski definition) is 9. The third kappa shape index (κ3) is 5.90. The van der Waals surface area contributed by atoms with Gasteiger partial charge in [-0.3, -0.25) is 4.90 Å². The molecule has 2 fully saturated rings. The van der Waals surface area contributed by atoms with Gasteiger partial charge in [0.2, 0.25) is 0 Å². The zero-order valence-electron chi connectivity index (χ0n) is 21.3. The van der Waals surface area contributed by atoms with Crippen molar-refractivity contribution in [1.29, 1.82) is 0 Å². The number of ether oxygens (including phenoxy) is 3. The second-order valence-electron chi connectivity index (χ2n) is 10.5. The molecule has 1 aromatic heterocycles. The first-order valence-corrected chi connectivity index (χ1v) is 12.4. The van der Waals surface area contributed by atoms with Gasteiger partial charge < -0.3 is 29.3 Å². The first-order valence-electron chi connectivity index (χ1n) is 12.4. The number of likely N-dealkylation sites (tertiary alicyclic amines) is 1. The molecule has 0 aliphatic carbocycles. The van der Waals surface area contributed by atoms with Crippen molar-refractivity contribution in [1.82, 2.24) is 25.1 Å². The second kappa shape index (κ2) is 10.6. The highest BCUT2D eigenvalue weighted by molar-refractivity contribution is 5.69. The quantitative estimate of drug-likeness (QED) is 0.658. The number of carbonyl (C=O) groups excluding carboxylic acids is 1. The fourth-order valence-corrected chi connectivity index (χ4v) is 4.95. The number of anilines is 1. The number of nitrogens with zero attached hydrogens (tertiary/aromatic N) is 5. The van der Waals surface area contributed by atoms with Crippen molar-refractivity contribution in [2.24, 2.45) is 0 Å². The van der Waals surface area contributed by atoms with Crippen molar-refractivity contribution >= 4 is 11.9 Å². The number of amides is 1. The summed E-state index contributed by atoms with van der Waals surface area (Å²) in [5.41, 5.74) is 1.64. The first kappa shape index (κ1) is 24.9. The summed E-state index contributed by atoms with van der Waals surface area (Å²) >= 11 is 0. The molecule has 1 aromatic rings. The van der Waals surface area contributed by atoms with E-state index < -0.39 is 5.60 Å². The maximum Gasteiger partial charge on any atom is 0.410 e. The van der Waals surface area contributed by atoms with Crippen molar-refractivity contribution < 1.29 is 19.0 Å². The summed E-state index contributed by atoms with van der Waals surface area (Å²) in [7, 11) is 3.81. The normalized spacial score (nSPS) is 23.7. The minimum absolute atomic E-state index is 0.127. The Labute approximate surface area is 202 Å². The van der Waals surface area contributed by atoms with E-state index in [1.54, 1.807) is 12.0 Å². The van der Waals surface area contributed by atoms with E-state index in [0.29, 0.717) is 51.4 Å². The average Bonchev–Trinajstić information content (AvgIpc) is 3.20. The third-order valence-corrected chi connectivity index (χ3v) is 6.74. The predicted molar refractivity (Wildman–Crippen MR) is 129 cm³/mol. The Morgan fingerprint density at radius 1 is 1.15 bits per heavy atom. The molecule has 3 aliphatic rings. The molecule has 3 aliphatic heterocycles. The largest absolute Gasteiger partial charge is 0.462 e. The van der Waals surface area contributed by atoms with E-state index in [4.69, 9.17) is 24.2 Å². The molecule has 0 aromatic carbocycles. The molecule has 2 saturated heterocycles. The minimum Gasteiger partial charge on any atom is -0.462 e. The molecule has 0 saturated carbocycles. The van der Waals surface area contributed by atoms with E-state index in [1.165, 1.54) is 12.0 Å². The summed E-state index contributed by atoms with van der Waals surface area (Å²) in [6.07, 6.45) is 2.92. The molecule has 4 rings (SSSR count). The molecule has 34 heavy (non-hydrogen) atoms. The average molecular weight is 477 g/mol. The number of piperazine rings is 1. The van der Waals surface area contributed by atoms with Crippen molar-refractivity contribution in [3.63, 3.8) is 0 Å². The summed E-state index contributed by atoms with van der Waals surface area (Å²) < 4.78 is 17.2. The van der Waals surface area contributed by atoms with Crippen LogP contribution in [-0.2, 0) is 22.4 Å². The number of fused-ring (bicyclic) bond motifs is 1.